The highest BCUT2D eigenvalue weighted by Crippen LogP contribution is 2.26. The number of carbonyl (C=O) groups is 2. The molecule has 8 nitrogen and oxygen atoms in total. The SMILES string of the molecule is NN1CCC(CCN2CCN(c3ccc(N[C@@H]4CCC(=O)NC4=O)cc3F)CC2)CC1. The number of hydrogen-bond donors (Lipinski definition) is 3. The number of rotatable bonds is 6. The first kappa shape index (κ1) is 22.0. The first-order chi connectivity index (χ1) is 15.0. The minimum absolute atomic E-state index is 0.260. The number of hydrazine groups is 1. The van der Waals surface area contributed by atoms with Crippen molar-refractivity contribution in [1.82, 2.24) is 15.2 Å². The minimum atomic E-state index is -0.511. The molecule has 170 valence electrons. The number of nitrogens with zero attached hydrogens (tertiary/aromatic N) is 3. The number of halogens is 1. The van der Waals surface area contributed by atoms with Gasteiger partial charge in [-0.25, -0.2) is 9.40 Å². The molecule has 0 unspecified atom stereocenters. The van der Waals surface area contributed by atoms with Gasteiger partial charge >= 0.3 is 0 Å². The predicted molar refractivity (Wildman–Crippen MR) is 118 cm³/mol. The average molecular weight is 433 g/mol. The van der Waals surface area contributed by atoms with Crippen molar-refractivity contribution in [3.63, 3.8) is 0 Å². The van der Waals surface area contributed by atoms with E-state index in [9.17, 15) is 14.0 Å². The molecule has 4 N–H and O–H groups in total. The molecular weight excluding hydrogens is 399 g/mol. The van der Waals surface area contributed by atoms with Crippen molar-refractivity contribution in [2.24, 2.45) is 11.8 Å². The summed E-state index contributed by atoms with van der Waals surface area (Å²) in [5.74, 6) is 5.69. The summed E-state index contributed by atoms with van der Waals surface area (Å²) in [7, 11) is 0. The average Bonchev–Trinajstić information content (AvgIpc) is 2.76. The van der Waals surface area contributed by atoms with Crippen molar-refractivity contribution < 1.29 is 14.0 Å². The number of piperazine rings is 1. The van der Waals surface area contributed by atoms with Crippen LogP contribution in [0.4, 0.5) is 15.8 Å². The van der Waals surface area contributed by atoms with E-state index in [-0.39, 0.29) is 17.6 Å². The molecule has 9 heteroatoms. The summed E-state index contributed by atoms with van der Waals surface area (Å²) in [5, 5.41) is 7.26. The predicted octanol–water partition coefficient (Wildman–Crippen LogP) is 1.14. The number of nitrogens with one attached hydrogen (secondary N) is 2. The van der Waals surface area contributed by atoms with Crippen molar-refractivity contribution in [2.45, 2.75) is 38.1 Å². The highest BCUT2D eigenvalue weighted by Gasteiger charge is 2.27. The smallest absolute Gasteiger partial charge is 0.249 e. The van der Waals surface area contributed by atoms with Gasteiger partial charge in [-0.15, -0.1) is 0 Å². The van der Waals surface area contributed by atoms with Crippen LogP contribution in [-0.2, 0) is 9.59 Å². The van der Waals surface area contributed by atoms with Gasteiger partial charge in [-0.2, -0.15) is 0 Å². The third-order valence-electron chi connectivity index (χ3n) is 6.74. The maximum absolute atomic E-state index is 14.8. The van der Waals surface area contributed by atoms with E-state index in [0.29, 0.717) is 24.2 Å². The Balaban J connectivity index is 1.25. The second kappa shape index (κ2) is 9.93. The number of piperidine rings is 2. The van der Waals surface area contributed by atoms with E-state index in [1.165, 1.54) is 25.3 Å². The zero-order valence-corrected chi connectivity index (χ0v) is 18.0. The fraction of sp³-hybridized carbons (Fsp3) is 0.636. The van der Waals surface area contributed by atoms with Gasteiger partial charge in [0.25, 0.3) is 0 Å². The van der Waals surface area contributed by atoms with E-state index in [2.05, 4.69) is 20.4 Å². The number of anilines is 2. The molecule has 1 atom stereocenters. The fourth-order valence-electron chi connectivity index (χ4n) is 4.70. The first-order valence-electron chi connectivity index (χ1n) is 11.3. The Labute approximate surface area is 182 Å². The largest absolute Gasteiger partial charge is 0.374 e. The molecule has 4 rings (SSSR count). The Morgan fingerprint density at radius 3 is 2.48 bits per heavy atom. The Bertz CT molecular complexity index is 790. The molecule has 2 amide bonds. The Morgan fingerprint density at radius 2 is 1.81 bits per heavy atom. The Hall–Kier alpha value is -2.23. The molecule has 3 aliphatic rings. The van der Waals surface area contributed by atoms with E-state index in [1.807, 2.05) is 5.01 Å². The lowest BCUT2D eigenvalue weighted by molar-refractivity contribution is -0.133. The van der Waals surface area contributed by atoms with Crippen LogP contribution < -0.4 is 21.4 Å². The maximum atomic E-state index is 14.8. The third-order valence-corrected chi connectivity index (χ3v) is 6.74. The van der Waals surface area contributed by atoms with Crippen LogP contribution in [0.15, 0.2) is 18.2 Å². The van der Waals surface area contributed by atoms with E-state index in [1.54, 1.807) is 12.1 Å². The Morgan fingerprint density at radius 1 is 1.06 bits per heavy atom. The summed E-state index contributed by atoms with van der Waals surface area (Å²) in [5.41, 5.74) is 1.15. The van der Waals surface area contributed by atoms with Crippen LogP contribution >= 0.6 is 0 Å². The van der Waals surface area contributed by atoms with Crippen LogP contribution in [0.25, 0.3) is 0 Å². The van der Waals surface area contributed by atoms with Crippen molar-refractivity contribution in [3.8, 4) is 0 Å². The molecule has 31 heavy (non-hydrogen) atoms. The van der Waals surface area contributed by atoms with Crippen molar-refractivity contribution in [1.29, 1.82) is 0 Å². The van der Waals surface area contributed by atoms with Crippen LogP contribution in [0.5, 0.6) is 0 Å². The van der Waals surface area contributed by atoms with Gasteiger partial charge in [0, 0.05) is 51.4 Å². The maximum Gasteiger partial charge on any atom is 0.249 e. The van der Waals surface area contributed by atoms with E-state index >= 15 is 0 Å². The molecule has 0 saturated carbocycles. The van der Waals surface area contributed by atoms with Crippen molar-refractivity contribution in [3.05, 3.63) is 24.0 Å². The molecule has 3 heterocycles. The van der Waals surface area contributed by atoms with Crippen molar-refractivity contribution >= 4 is 23.2 Å². The molecule has 3 saturated heterocycles. The molecule has 0 aliphatic carbocycles. The standard InChI is InChI=1S/C22H33FN6O2/c23-18-15-17(25-19-2-4-21(30)26-22(19)31)1-3-20(18)28-13-11-27(12-14-28)8-5-16-6-9-29(24)10-7-16/h1,3,15-16,19,25H,2,4-14,24H2,(H,26,30,31)/t19-/m1/s1. The zero-order valence-electron chi connectivity index (χ0n) is 18.0. The van der Waals surface area contributed by atoms with E-state index in [4.69, 9.17) is 5.84 Å². The zero-order chi connectivity index (χ0) is 21.8. The second-order valence-electron chi connectivity index (χ2n) is 8.91. The fourth-order valence-corrected chi connectivity index (χ4v) is 4.70. The summed E-state index contributed by atoms with van der Waals surface area (Å²) in [6.07, 6.45) is 4.28. The van der Waals surface area contributed by atoms with Crippen LogP contribution in [0, 0.1) is 11.7 Å². The van der Waals surface area contributed by atoms with Gasteiger partial charge in [-0.05, 0) is 56.3 Å². The van der Waals surface area contributed by atoms with Gasteiger partial charge in [-0.1, -0.05) is 0 Å². The number of amides is 2. The number of benzene rings is 1. The summed E-state index contributed by atoms with van der Waals surface area (Å²) in [4.78, 5) is 27.7. The first-order valence-corrected chi connectivity index (χ1v) is 11.3. The normalized spacial score (nSPS) is 24.3. The molecule has 3 aliphatic heterocycles. The molecule has 0 aromatic heterocycles. The molecular formula is C22H33FN6O2. The van der Waals surface area contributed by atoms with E-state index < -0.39 is 6.04 Å². The van der Waals surface area contributed by atoms with Gasteiger partial charge in [0.15, 0.2) is 0 Å². The summed E-state index contributed by atoms with van der Waals surface area (Å²) in [6.45, 7) is 6.56. The quantitative estimate of drug-likeness (QED) is 0.458. The summed E-state index contributed by atoms with van der Waals surface area (Å²) < 4.78 is 14.8. The number of nitrogens with two attached hydrogens (primary N) is 1. The highest BCUT2D eigenvalue weighted by molar-refractivity contribution is 6.01. The van der Waals surface area contributed by atoms with E-state index in [0.717, 1.165) is 51.7 Å². The van der Waals surface area contributed by atoms with Gasteiger partial charge < -0.3 is 10.2 Å². The third kappa shape index (κ3) is 5.72. The topological polar surface area (TPSA) is 93.9 Å². The lowest BCUT2D eigenvalue weighted by atomic mass is 9.94. The van der Waals surface area contributed by atoms with Crippen LogP contribution in [0.3, 0.4) is 0 Å². The number of hydrogen-bond acceptors (Lipinski definition) is 7. The monoisotopic (exact) mass is 432 g/mol. The number of carbonyl (C=O) groups excluding carboxylic acids is 2. The highest BCUT2D eigenvalue weighted by atomic mass is 19.1. The molecule has 1 aromatic rings. The van der Waals surface area contributed by atoms with Crippen molar-refractivity contribution in [2.75, 3.05) is 56.0 Å². The summed E-state index contributed by atoms with van der Waals surface area (Å²) in [6, 6.07) is 4.51. The van der Waals surface area contributed by atoms with Crippen LogP contribution in [0.1, 0.15) is 32.1 Å². The van der Waals surface area contributed by atoms with Gasteiger partial charge in [0.05, 0.1) is 5.69 Å². The minimum Gasteiger partial charge on any atom is -0.374 e. The lowest BCUT2D eigenvalue weighted by Gasteiger charge is -2.37. The molecule has 0 spiro atoms. The molecule has 0 radical (unpaired) electrons. The number of imide groups is 1. The van der Waals surface area contributed by atoms with Gasteiger partial charge in [0.2, 0.25) is 11.8 Å². The molecule has 0 bridgehead atoms. The van der Waals surface area contributed by atoms with Crippen LogP contribution in [0.2, 0.25) is 0 Å². The van der Waals surface area contributed by atoms with Crippen LogP contribution in [-0.4, -0.2) is 73.6 Å². The second-order valence-corrected chi connectivity index (χ2v) is 8.91. The van der Waals surface area contributed by atoms with Gasteiger partial charge in [-0.3, -0.25) is 25.6 Å². The molecule has 1 aromatic carbocycles. The van der Waals surface area contributed by atoms with Gasteiger partial charge in [0.1, 0.15) is 11.9 Å². The molecule has 3 fully saturated rings. The summed E-state index contributed by atoms with van der Waals surface area (Å²) >= 11 is 0. The lowest BCUT2D eigenvalue weighted by Crippen LogP contribution is -2.47. The Kier molecular flexibility index (Phi) is 7.04.